The Balaban J connectivity index is -0.000000312. The van der Waals surface area contributed by atoms with E-state index in [2.05, 4.69) is 19.9 Å². The van der Waals surface area contributed by atoms with Crippen LogP contribution in [0, 0.1) is 3.57 Å². The number of rotatable bonds is 3. The van der Waals surface area contributed by atoms with Gasteiger partial charge in [-0.2, -0.15) is 0 Å². The summed E-state index contributed by atoms with van der Waals surface area (Å²) in [7, 11) is 0. The summed E-state index contributed by atoms with van der Waals surface area (Å²) in [5.74, 6) is -1.25. The molecule has 1 radical (unpaired) electrons. The van der Waals surface area contributed by atoms with Crippen LogP contribution >= 0.6 is 22.6 Å². The molecule has 2 rings (SSSR count). The zero-order chi connectivity index (χ0) is 15.1. The van der Waals surface area contributed by atoms with Crippen LogP contribution in [0.25, 0.3) is 0 Å². The standard InChI is InChI=1S/C6H9N3O2.C4H3IN2O2.ClH.Cr.H2O/c7-5(6(10)11)1-4-2-8-3-9-4;5-2-1-6-4(9)7-3(2)8;;;/h2-3,5H,1,7H2,(H,8,9)(H,10,11);1H,(H2,6,7,8,9);1H;;1H2/q;;;+3;/p-3. The number of carboxylic acid groups (broad SMARTS) is 1. The molecule has 2 heterocycles. The van der Waals surface area contributed by atoms with Gasteiger partial charge in [-0.15, -0.1) is 0 Å². The number of halogens is 2. The van der Waals surface area contributed by atoms with Crippen LogP contribution in [0.3, 0.4) is 0 Å². The molecule has 1 atom stereocenters. The van der Waals surface area contributed by atoms with Crippen LogP contribution < -0.4 is 34.5 Å². The second kappa shape index (κ2) is 13.3. The smallest absolute Gasteiger partial charge is 1.00 e. The van der Waals surface area contributed by atoms with Gasteiger partial charge in [-0.25, -0.2) is 9.78 Å². The van der Waals surface area contributed by atoms with Crippen LogP contribution in [0.15, 0.2) is 28.3 Å². The molecule has 0 aliphatic heterocycles. The topological polar surface area (TPSA) is 191 Å². The van der Waals surface area contributed by atoms with E-state index in [9.17, 15) is 19.5 Å². The van der Waals surface area contributed by atoms with Gasteiger partial charge in [-0.1, -0.05) is 0 Å². The fourth-order valence-corrected chi connectivity index (χ4v) is 1.40. The number of carbonyl (C=O) groups is 1. The molecule has 0 amide bonds. The van der Waals surface area contributed by atoms with E-state index in [-0.39, 0.29) is 47.2 Å². The Labute approximate surface area is 160 Å². The van der Waals surface area contributed by atoms with Gasteiger partial charge in [0.2, 0.25) is 0 Å². The summed E-state index contributed by atoms with van der Waals surface area (Å²) in [4.78, 5) is 41.9. The van der Waals surface area contributed by atoms with E-state index in [1.54, 1.807) is 0 Å². The second-order valence-electron chi connectivity index (χ2n) is 3.63. The maximum absolute atomic E-state index is 10.6. The van der Waals surface area contributed by atoms with Crippen LogP contribution in [-0.2, 0) is 28.6 Å². The number of nitrogens with zero attached hydrogens (tertiary/aromatic N) is 1. The van der Waals surface area contributed by atoms with Crippen molar-refractivity contribution in [3.05, 3.63) is 48.8 Å². The fourth-order valence-electron chi connectivity index (χ4n) is 1.11. The predicted octanol–water partition coefficient (Wildman–Crippen LogP) is -5.48. The predicted molar refractivity (Wildman–Crippen MR) is 77.6 cm³/mol. The van der Waals surface area contributed by atoms with E-state index in [1.165, 1.54) is 18.7 Å². The first-order chi connectivity index (χ1) is 9.40. The molecule has 0 saturated heterocycles. The Morgan fingerprint density at radius 1 is 1.39 bits per heavy atom. The van der Waals surface area contributed by atoms with Gasteiger partial charge in [-0.3, -0.25) is 9.78 Å². The third-order valence-electron chi connectivity index (χ3n) is 2.07. The quantitative estimate of drug-likeness (QED) is 0.305. The van der Waals surface area contributed by atoms with Gasteiger partial charge in [0.25, 0.3) is 5.56 Å². The van der Waals surface area contributed by atoms with Crippen molar-refractivity contribution in [3.63, 3.8) is 0 Å². The van der Waals surface area contributed by atoms with Crippen molar-refractivity contribution in [2.45, 2.75) is 12.5 Å². The van der Waals surface area contributed by atoms with Crippen molar-refractivity contribution in [3.8, 4) is 0 Å². The minimum absolute atomic E-state index is 0. The Morgan fingerprint density at radius 2 is 2.00 bits per heavy atom. The molecule has 23 heavy (non-hydrogen) atoms. The number of hydrogen-bond donors (Lipinski definition) is 4. The van der Waals surface area contributed by atoms with E-state index in [1.807, 2.05) is 22.6 Å². The van der Waals surface area contributed by atoms with Crippen molar-refractivity contribution in [2.75, 3.05) is 0 Å². The van der Waals surface area contributed by atoms with Gasteiger partial charge in [0, 0.05) is 30.6 Å². The van der Waals surface area contributed by atoms with Gasteiger partial charge < -0.3 is 43.5 Å². The number of nitrogens with one attached hydrogen (secondary N) is 3. The number of nitrogens with two attached hydrogens (primary N) is 1. The first-order valence-corrected chi connectivity index (χ1v) is 6.39. The van der Waals surface area contributed by atoms with Crippen molar-refractivity contribution in [1.29, 1.82) is 0 Å². The number of H-pyrrole nitrogens is 3. The SMILES string of the molecule is NC(Cc1cnc[nH]1)C(=O)[O-].O=c1[nH]cc(I)c(=O)[nH]1.[Cl-].[Cr+3].[OH-]. The normalized spacial score (nSPS) is 9.83. The number of aromatic nitrogens is 4. The van der Waals surface area contributed by atoms with E-state index < -0.39 is 17.7 Å². The second-order valence-corrected chi connectivity index (χ2v) is 4.79. The van der Waals surface area contributed by atoms with Crippen molar-refractivity contribution in [1.82, 2.24) is 19.9 Å². The minimum Gasteiger partial charge on any atom is -1.00 e. The molecule has 0 spiro atoms. The molecule has 2 aromatic heterocycles. The number of aliphatic carboxylic acids is 1. The van der Waals surface area contributed by atoms with Crippen LogP contribution in [0.1, 0.15) is 5.69 Å². The summed E-state index contributed by atoms with van der Waals surface area (Å²) in [5.41, 5.74) is 5.07. The number of imidazole rings is 1. The van der Waals surface area contributed by atoms with Crippen LogP contribution in [-0.4, -0.2) is 37.4 Å². The first-order valence-electron chi connectivity index (χ1n) is 5.31. The first kappa shape index (κ1) is 26.7. The van der Waals surface area contributed by atoms with Crippen molar-refractivity contribution in [2.24, 2.45) is 5.73 Å². The van der Waals surface area contributed by atoms with Gasteiger partial charge in [0.05, 0.1) is 15.9 Å². The number of hydrogen-bond acceptors (Lipinski definition) is 7. The van der Waals surface area contributed by atoms with E-state index in [4.69, 9.17) is 5.73 Å². The maximum atomic E-state index is 10.6. The summed E-state index contributed by atoms with van der Waals surface area (Å²) in [6.07, 6.45) is 4.59. The third kappa shape index (κ3) is 10.3. The molecule has 0 fully saturated rings. The average Bonchev–Trinajstić information content (AvgIpc) is 2.88. The summed E-state index contributed by atoms with van der Waals surface area (Å²) in [6, 6.07) is -0.963. The molecule has 10 nitrogen and oxygen atoms in total. The molecule has 0 aliphatic rings. The fraction of sp³-hybridized carbons (Fsp3) is 0.200. The summed E-state index contributed by atoms with van der Waals surface area (Å²) in [5, 5.41) is 10.2. The van der Waals surface area contributed by atoms with Crippen LogP contribution in [0.5, 0.6) is 0 Å². The van der Waals surface area contributed by atoms with Gasteiger partial charge >= 0.3 is 23.1 Å². The summed E-state index contributed by atoms with van der Waals surface area (Å²) >= 11 is 1.83. The Hall–Kier alpha value is -1.17. The number of carboxylic acids is 1. The van der Waals surface area contributed by atoms with E-state index >= 15 is 0 Å². The minimum atomic E-state index is -1.25. The Morgan fingerprint density at radius 3 is 2.39 bits per heavy atom. The average molecular weight is 497 g/mol. The monoisotopic (exact) mass is 496 g/mol. The molecule has 127 valence electrons. The van der Waals surface area contributed by atoms with Crippen molar-refractivity contribution < 1.29 is 45.1 Å². The number of carbonyl (C=O) groups excluding carboxylic acids is 1. The molecule has 6 N–H and O–H groups in total. The maximum Gasteiger partial charge on any atom is 3.00 e. The van der Waals surface area contributed by atoms with Crippen molar-refractivity contribution >= 4 is 28.6 Å². The molecule has 1 unspecified atom stereocenters. The molecule has 0 saturated carbocycles. The zero-order valence-electron chi connectivity index (χ0n) is 11.3. The molecule has 0 aromatic carbocycles. The van der Waals surface area contributed by atoms with Crippen LogP contribution in [0.4, 0.5) is 0 Å². The Kier molecular flexibility index (Phi) is 15.4. The van der Waals surface area contributed by atoms with Crippen LogP contribution in [0.2, 0.25) is 0 Å². The third-order valence-corrected chi connectivity index (χ3v) is 2.87. The van der Waals surface area contributed by atoms with Gasteiger partial charge in [0.15, 0.2) is 0 Å². The molecule has 0 aliphatic carbocycles. The molecule has 0 bridgehead atoms. The largest absolute Gasteiger partial charge is 3.00 e. The molecular weight excluding hydrogens is 484 g/mol. The van der Waals surface area contributed by atoms with Gasteiger partial charge in [0.1, 0.15) is 0 Å². The molecule has 13 heteroatoms. The number of aromatic amines is 3. The molecule has 2 aromatic rings. The van der Waals surface area contributed by atoms with Gasteiger partial charge in [-0.05, 0) is 22.6 Å². The Bertz CT molecular complexity index is 677. The summed E-state index contributed by atoms with van der Waals surface area (Å²) < 4.78 is 0.479. The van der Waals surface area contributed by atoms with E-state index in [0.717, 1.165) is 0 Å². The summed E-state index contributed by atoms with van der Waals surface area (Å²) in [6.45, 7) is 0. The van der Waals surface area contributed by atoms with E-state index in [0.29, 0.717) is 9.26 Å². The molecular formula is C10H12ClCrIN5O5. The zero-order valence-corrected chi connectivity index (χ0v) is 15.5.